The van der Waals surface area contributed by atoms with Crippen molar-refractivity contribution in [3.63, 3.8) is 0 Å². The van der Waals surface area contributed by atoms with Crippen molar-refractivity contribution < 1.29 is 0 Å². The van der Waals surface area contributed by atoms with E-state index in [0.717, 1.165) is 12.1 Å². The molecule has 3 aromatic carbocycles. The minimum Gasteiger partial charge on any atom is -0.357 e. The first-order valence-corrected chi connectivity index (χ1v) is 10.7. The first-order valence-electron chi connectivity index (χ1n) is 10.7. The topological polar surface area (TPSA) is 15.3 Å². The molecule has 0 radical (unpaired) electrons. The molecule has 0 aromatic heterocycles. The standard InChI is InChI=1S/C28H24N2/c1-2-11-22(12-3-1)30-27-16-7-6-14-24(27)25-19-21(17-18-28(25)30)29-26-15-8-10-20-9-4-5-13-23(20)26/h1-15,17-19,25,27-29H,16H2. The van der Waals surface area contributed by atoms with Crippen LogP contribution in [0.5, 0.6) is 0 Å². The lowest BCUT2D eigenvalue weighted by Crippen LogP contribution is -2.37. The molecule has 1 N–H and O–H groups in total. The summed E-state index contributed by atoms with van der Waals surface area (Å²) < 4.78 is 0. The SMILES string of the molecule is C1=CCC2C(=C1)C1C=C(Nc3cccc4ccccc34)C=CC1N2c1ccccc1. The van der Waals surface area contributed by atoms with Gasteiger partial charge in [-0.3, -0.25) is 0 Å². The summed E-state index contributed by atoms with van der Waals surface area (Å²) in [5, 5.41) is 6.21. The normalized spacial score (nSPS) is 24.3. The lowest BCUT2D eigenvalue weighted by atomic mass is 9.86. The molecule has 1 fully saturated rings. The molecule has 1 saturated heterocycles. The van der Waals surface area contributed by atoms with Gasteiger partial charge in [-0.15, -0.1) is 0 Å². The molecule has 3 aliphatic rings. The van der Waals surface area contributed by atoms with E-state index in [1.54, 1.807) is 0 Å². The van der Waals surface area contributed by atoms with E-state index in [1.807, 2.05) is 0 Å². The average molecular weight is 389 g/mol. The lowest BCUT2D eigenvalue weighted by molar-refractivity contribution is 0.670. The van der Waals surface area contributed by atoms with E-state index < -0.39 is 0 Å². The van der Waals surface area contributed by atoms with Crippen LogP contribution < -0.4 is 10.2 Å². The third-order valence-electron chi connectivity index (χ3n) is 6.53. The first-order chi connectivity index (χ1) is 14.9. The lowest BCUT2D eigenvalue weighted by Gasteiger charge is -2.32. The second-order valence-electron chi connectivity index (χ2n) is 8.24. The Hall–Kier alpha value is -3.52. The van der Waals surface area contributed by atoms with Gasteiger partial charge in [0.1, 0.15) is 0 Å². The van der Waals surface area contributed by atoms with Gasteiger partial charge in [-0.05, 0) is 41.7 Å². The fraction of sp³-hybridized carbons (Fsp3) is 0.143. The quantitative estimate of drug-likeness (QED) is 0.553. The summed E-state index contributed by atoms with van der Waals surface area (Å²) in [5.41, 5.74) is 5.17. The maximum atomic E-state index is 3.70. The molecule has 2 nitrogen and oxygen atoms in total. The molecule has 146 valence electrons. The van der Waals surface area contributed by atoms with Crippen LogP contribution in [0.2, 0.25) is 0 Å². The van der Waals surface area contributed by atoms with Crippen LogP contribution in [-0.2, 0) is 0 Å². The summed E-state index contributed by atoms with van der Waals surface area (Å²) in [7, 11) is 0. The van der Waals surface area contributed by atoms with Gasteiger partial charge in [-0.1, -0.05) is 85.0 Å². The van der Waals surface area contributed by atoms with Crippen molar-refractivity contribution in [3.05, 3.63) is 121 Å². The van der Waals surface area contributed by atoms with E-state index in [0.29, 0.717) is 18.0 Å². The smallest absolute Gasteiger partial charge is 0.0585 e. The summed E-state index contributed by atoms with van der Waals surface area (Å²) in [5.74, 6) is 0.391. The van der Waals surface area contributed by atoms with Crippen molar-refractivity contribution in [3.8, 4) is 0 Å². The maximum absolute atomic E-state index is 3.70. The van der Waals surface area contributed by atoms with Crippen LogP contribution in [0.15, 0.2) is 121 Å². The van der Waals surface area contributed by atoms with Crippen molar-refractivity contribution in [2.24, 2.45) is 5.92 Å². The molecule has 1 heterocycles. The molecule has 0 amide bonds. The Balaban J connectivity index is 1.37. The number of hydrogen-bond donors (Lipinski definition) is 1. The van der Waals surface area contributed by atoms with Crippen molar-refractivity contribution >= 4 is 22.1 Å². The molecule has 2 aliphatic carbocycles. The number of para-hydroxylation sites is 1. The van der Waals surface area contributed by atoms with E-state index in [1.165, 1.54) is 27.7 Å². The largest absolute Gasteiger partial charge is 0.357 e. The van der Waals surface area contributed by atoms with Crippen LogP contribution in [0.4, 0.5) is 11.4 Å². The zero-order valence-corrected chi connectivity index (χ0v) is 16.8. The monoisotopic (exact) mass is 388 g/mol. The average Bonchev–Trinajstić information content (AvgIpc) is 3.14. The molecular formula is C28H24N2. The van der Waals surface area contributed by atoms with Gasteiger partial charge < -0.3 is 10.2 Å². The van der Waals surface area contributed by atoms with E-state index in [2.05, 4.69) is 119 Å². The summed E-state index contributed by atoms with van der Waals surface area (Å²) in [6, 6.07) is 26.6. The summed E-state index contributed by atoms with van der Waals surface area (Å²) >= 11 is 0. The second-order valence-corrected chi connectivity index (χ2v) is 8.24. The zero-order valence-electron chi connectivity index (χ0n) is 16.8. The van der Waals surface area contributed by atoms with Gasteiger partial charge in [-0.25, -0.2) is 0 Å². The zero-order chi connectivity index (χ0) is 19.9. The Morgan fingerprint density at radius 2 is 1.70 bits per heavy atom. The highest BCUT2D eigenvalue weighted by molar-refractivity contribution is 5.94. The number of rotatable bonds is 3. The number of allylic oxidation sites excluding steroid dienone is 3. The Labute approximate surface area is 177 Å². The van der Waals surface area contributed by atoms with Crippen LogP contribution in [0, 0.1) is 5.92 Å². The van der Waals surface area contributed by atoms with Crippen LogP contribution in [0.25, 0.3) is 10.8 Å². The number of benzene rings is 3. The van der Waals surface area contributed by atoms with E-state index in [-0.39, 0.29) is 0 Å². The predicted octanol–water partition coefficient (Wildman–Crippen LogP) is 6.47. The fourth-order valence-corrected chi connectivity index (χ4v) is 5.20. The molecule has 3 unspecified atom stereocenters. The summed E-state index contributed by atoms with van der Waals surface area (Å²) in [4.78, 5) is 2.60. The van der Waals surface area contributed by atoms with Gasteiger partial charge in [0.15, 0.2) is 0 Å². The van der Waals surface area contributed by atoms with Crippen LogP contribution in [-0.4, -0.2) is 12.1 Å². The van der Waals surface area contributed by atoms with Gasteiger partial charge in [-0.2, -0.15) is 0 Å². The second kappa shape index (κ2) is 7.07. The minimum absolute atomic E-state index is 0.363. The number of fused-ring (bicyclic) bond motifs is 4. The maximum Gasteiger partial charge on any atom is 0.0585 e. The fourth-order valence-electron chi connectivity index (χ4n) is 5.20. The molecule has 1 aliphatic heterocycles. The van der Waals surface area contributed by atoms with E-state index in [4.69, 9.17) is 0 Å². The molecule has 2 heteroatoms. The molecule has 30 heavy (non-hydrogen) atoms. The summed E-state index contributed by atoms with van der Waals surface area (Å²) in [6.07, 6.45) is 15.0. The number of hydrogen-bond acceptors (Lipinski definition) is 2. The Morgan fingerprint density at radius 1 is 0.867 bits per heavy atom. The molecule has 3 atom stereocenters. The van der Waals surface area contributed by atoms with Gasteiger partial charge in [0.25, 0.3) is 0 Å². The minimum atomic E-state index is 0.363. The highest BCUT2D eigenvalue weighted by atomic mass is 15.2. The van der Waals surface area contributed by atoms with Gasteiger partial charge in [0, 0.05) is 28.4 Å². The van der Waals surface area contributed by atoms with Crippen molar-refractivity contribution in [1.82, 2.24) is 0 Å². The highest BCUT2D eigenvalue weighted by Crippen LogP contribution is 2.44. The van der Waals surface area contributed by atoms with Crippen LogP contribution in [0.3, 0.4) is 0 Å². The Bertz CT molecular complexity index is 1210. The molecule has 0 saturated carbocycles. The first kappa shape index (κ1) is 17.3. The van der Waals surface area contributed by atoms with Crippen molar-refractivity contribution in [2.75, 3.05) is 10.2 Å². The van der Waals surface area contributed by atoms with Gasteiger partial charge in [0.2, 0.25) is 0 Å². The van der Waals surface area contributed by atoms with Crippen LogP contribution >= 0.6 is 0 Å². The third kappa shape index (κ3) is 2.80. The molecule has 0 spiro atoms. The summed E-state index contributed by atoms with van der Waals surface area (Å²) in [6.45, 7) is 0. The van der Waals surface area contributed by atoms with E-state index in [9.17, 15) is 0 Å². The van der Waals surface area contributed by atoms with Crippen molar-refractivity contribution in [1.29, 1.82) is 0 Å². The predicted molar refractivity (Wildman–Crippen MR) is 127 cm³/mol. The third-order valence-corrected chi connectivity index (χ3v) is 6.53. The van der Waals surface area contributed by atoms with E-state index >= 15 is 0 Å². The van der Waals surface area contributed by atoms with Crippen LogP contribution in [0.1, 0.15) is 6.42 Å². The Kier molecular flexibility index (Phi) is 4.09. The molecule has 3 aromatic rings. The van der Waals surface area contributed by atoms with Gasteiger partial charge in [0.05, 0.1) is 12.1 Å². The molecule has 0 bridgehead atoms. The highest BCUT2D eigenvalue weighted by Gasteiger charge is 2.43. The van der Waals surface area contributed by atoms with Crippen molar-refractivity contribution in [2.45, 2.75) is 18.5 Å². The number of anilines is 2. The molecular weight excluding hydrogens is 364 g/mol. The Morgan fingerprint density at radius 3 is 2.63 bits per heavy atom. The molecule has 6 rings (SSSR count). The number of nitrogens with one attached hydrogen (secondary N) is 1. The number of nitrogens with zero attached hydrogens (tertiary/aromatic N) is 1. The van der Waals surface area contributed by atoms with Gasteiger partial charge >= 0.3 is 0 Å².